The Hall–Kier alpha value is -16.1. The summed E-state index contributed by atoms with van der Waals surface area (Å²) >= 11 is 3.75. The van der Waals surface area contributed by atoms with E-state index in [0.29, 0.717) is 0 Å². The van der Waals surface area contributed by atoms with E-state index in [-0.39, 0.29) is 0 Å². The van der Waals surface area contributed by atoms with Gasteiger partial charge in [-0.05, 0) is 235 Å². The summed E-state index contributed by atoms with van der Waals surface area (Å²) in [5.41, 5.74) is 32.1. The molecule has 0 amide bonds. The topological polar surface area (TPSA) is 6.48 Å². The number of thiophene rings is 2. The molecule has 2 aromatic heterocycles. The number of rotatable bonds is 17. The Bertz CT molecular complexity index is 8310. The molecule has 598 valence electrons. The highest BCUT2D eigenvalue weighted by Gasteiger charge is 2.28. The van der Waals surface area contributed by atoms with Gasteiger partial charge >= 0.3 is 0 Å². The molecule has 22 aromatic carbocycles. The van der Waals surface area contributed by atoms with Gasteiger partial charge in [-0.15, -0.1) is 22.7 Å². The van der Waals surface area contributed by atoms with Crippen molar-refractivity contribution in [1.29, 1.82) is 0 Å². The van der Waals surface area contributed by atoms with Crippen LogP contribution in [0.5, 0.6) is 0 Å². The molecule has 24 aromatic rings. The van der Waals surface area contributed by atoms with Crippen molar-refractivity contribution >= 4 is 140 Å². The molecule has 0 saturated heterocycles. The Morgan fingerprint density at radius 2 is 0.391 bits per heavy atom. The van der Waals surface area contributed by atoms with Gasteiger partial charge in [0.25, 0.3) is 0 Å². The van der Waals surface area contributed by atoms with Gasteiger partial charge in [0.05, 0.1) is 11.4 Å². The van der Waals surface area contributed by atoms with Crippen LogP contribution in [0.1, 0.15) is 0 Å². The fraction of sp³-hybridized carbons (Fsp3) is 0. The number of anilines is 6. The Morgan fingerprint density at radius 1 is 0.133 bits per heavy atom. The van der Waals surface area contributed by atoms with Crippen LogP contribution in [0.15, 0.2) is 485 Å². The first-order valence-corrected chi connectivity index (χ1v) is 45.5. The molecule has 0 radical (unpaired) electrons. The zero-order valence-corrected chi connectivity index (χ0v) is 71.5. The van der Waals surface area contributed by atoms with Gasteiger partial charge in [-0.2, -0.15) is 0 Å². The van der Waals surface area contributed by atoms with Crippen molar-refractivity contribution in [2.45, 2.75) is 0 Å². The molecule has 0 saturated carbocycles. The van der Waals surface area contributed by atoms with Crippen LogP contribution in [0, 0.1) is 0 Å². The van der Waals surface area contributed by atoms with Crippen LogP contribution >= 0.6 is 22.7 Å². The molecule has 0 spiro atoms. The average molecular weight is 1660 g/mol. The van der Waals surface area contributed by atoms with Crippen LogP contribution < -0.4 is 9.80 Å². The predicted molar refractivity (Wildman–Crippen MR) is 551 cm³/mol. The summed E-state index contributed by atoms with van der Waals surface area (Å²) in [6.45, 7) is 0. The van der Waals surface area contributed by atoms with Crippen LogP contribution in [0.4, 0.5) is 34.1 Å². The van der Waals surface area contributed by atoms with E-state index < -0.39 is 0 Å². The van der Waals surface area contributed by atoms with E-state index in [4.69, 9.17) is 0 Å². The summed E-state index contributed by atoms with van der Waals surface area (Å²) in [7, 11) is 0. The predicted octanol–water partition coefficient (Wildman–Crippen LogP) is 36.3. The van der Waals surface area contributed by atoms with E-state index in [2.05, 4.69) is 495 Å². The second kappa shape index (κ2) is 32.2. The van der Waals surface area contributed by atoms with Crippen molar-refractivity contribution < 1.29 is 0 Å². The van der Waals surface area contributed by atoms with Crippen LogP contribution in [-0.2, 0) is 0 Å². The van der Waals surface area contributed by atoms with Gasteiger partial charge in [-0.1, -0.05) is 394 Å². The van der Waals surface area contributed by atoms with Gasteiger partial charge in [-0.3, -0.25) is 0 Å². The average Bonchev–Trinajstić information content (AvgIpc) is 1.00. The molecular weight excluding hydrogens is 1580 g/mol. The van der Waals surface area contributed by atoms with E-state index in [1.54, 1.807) is 0 Å². The zero-order chi connectivity index (χ0) is 84.5. The first-order valence-electron chi connectivity index (χ1n) is 43.9. The highest BCUT2D eigenvalue weighted by molar-refractivity contribution is 7.26. The molecule has 0 N–H and O–H groups in total. The van der Waals surface area contributed by atoms with Gasteiger partial charge in [0.15, 0.2) is 0 Å². The summed E-state index contributed by atoms with van der Waals surface area (Å²) in [5, 5.41) is 14.7. The zero-order valence-electron chi connectivity index (χ0n) is 69.9. The fourth-order valence-electron chi connectivity index (χ4n) is 19.8. The third kappa shape index (κ3) is 13.5. The highest BCUT2D eigenvalue weighted by atomic mass is 32.1. The Morgan fingerprint density at radius 3 is 0.828 bits per heavy atom. The van der Waals surface area contributed by atoms with Crippen molar-refractivity contribution in [3.8, 4) is 122 Å². The Labute approximate surface area is 752 Å². The number of nitrogens with zero attached hydrogens (tertiary/aromatic N) is 2. The summed E-state index contributed by atoms with van der Waals surface area (Å²) in [6.07, 6.45) is 0. The minimum absolute atomic E-state index is 1.05. The summed E-state index contributed by atoms with van der Waals surface area (Å²) in [5.74, 6) is 0. The Kier molecular flexibility index (Phi) is 19.0. The smallest absolute Gasteiger partial charge is 0.0624 e. The lowest BCUT2D eigenvalue weighted by molar-refractivity contribution is 1.30. The molecule has 0 bridgehead atoms. The lowest BCUT2D eigenvalue weighted by Crippen LogP contribution is -2.12. The maximum atomic E-state index is 2.53. The first kappa shape index (κ1) is 75.6. The van der Waals surface area contributed by atoms with Gasteiger partial charge in [-0.25, -0.2) is 0 Å². The van der Waals surface area contributed by atoms with Crippen molar-refractivity contribution in [3.63, 3.8) is 0 Å². The molecule has 0 aliphatic rings. The first-order chi connectivity index (χ1) is 63.5. The van der Waals surface area contributed by atoms with Gasteiger partial charge in [0.2, 0.25) is 0 Å². The molecule has 2 heterocycles. The molecule has 0 fully saturated rings. The summed E-state index contributed by atoms with van der Waals surface area (Å²) in [4.78, 5) is 5.03. The normalized spacial score (nSPS) is 11.6. The lowest BCUT2D eigenvalue weighted by Gasteiger charge is -2.31. The second-order valence-corrected chi connectivity index (χ2v) is 35.3. The number of hydrogen-bond acceptors (Lipinski definition) is 4. The largest absolute Gasteiger partial charge is 0.309 e. The SMILES string of the molecule is c1ccc(-c2cc(-c3ccccc3)cc(-c3ccc(N(c4ccc(-c5cccc6c5sc5ccccc56)cc4)c4c(-c5cccc(-c6ccc(-c7ccc(-c8ccc(N(c9ccc(-c%10cccc%11c%10sc%10ccccc%10%11)cc9)c9c(-c%10ccccc%10)c%10ccccc%10c%10ccccc9%10)cc8)cc7)c(-c7ccccc7)c6)c5)c5ccccc5c5ccccc45)cc3)c2)cc1. The Balaban J connectivity index is 0.609. The molecule has 0 atom stereocenters. The third-order valence-electron chi connectivity index (χ3n) is 25.9. The quantitative estimate of drug-likeness (QED) is 0.0839. The van der Waals surface area contributed by atoms with E-state index in [9.17, 15) is 0 Å². The minimum Gasteiger partial charge on any atom is -0.309 e. The fourth-order valence-corrected chi connectivity index (χ4v) is 22.2. The van der Waals surface area contributed by atoms with E-state index >= 15 is 0 Å². The van der Waals surface area contributed by atoms with Crippen molar-refractivity contribution in [2.24, 2.45) is 0 Å². The lowest BCUT2D eigenvalue weighted by atomic mass is 9.87. The number of benzene rings is 22. The minimum atomic E-state index is 1.05. The standard InChI is InChI=1S/C124H80N2S2/c1-5-28-81(29-6-1)94-77-95(82-30-7-2-8-31-82)79-96(78-94)85-60-69-98(70-61-85)126(100-73-64-89(65-74-100)103-49-27-51-115-109-43-22-24-53-118(109)128-124(103)115)122-113-47-20-16-41-107(113)105-39-14-18-45-111(105)120(122)93-37-25-36-91(76-93)92-66-75-101(116(80-92)86-32-9-3-10-33-86)87-56-54-83(55-57-87)84-58-67-97(68-59-84)125(99-71-62-88(63-72-99)102-48-26-50-114-108-42-21-23-52-117(108)127-123(102)114)121-112-46-19-15-40-106(112)104-38-13-17-44-110(104)119(121)90-34-11-4-12-35-90/h1-80H. The van der Waals surface area contributed by atoms with E-state index in [0.717, 1.165) is 112 Å². The van der Waals surface area contributed by atoms with Crippen molar-refractivity contribution in [1.82, 2.24) is 0 Å². The van der Waals surface area contributed by atoms with E-state index in [1.807, 2.05) is 22.7 Å². The van der Waals surface area contributed by atoms with Crippen LogP contribution in [0.3, 0.4) is 0 Å². The third-order valence-corrected chi connectivity index (χ3v) is 28.3. The maximum absolute atomic E-state index is 2.53. The molecule has 128 heavy (non-hydrogen) atoms. The van der Waals surface area contributed by atoms with Crippen molar-refractivity contribution in [2.75, 3.05) is 9.80 Å². The number of hydrogen-bond donors (Lipinski definition) is 0. The summed E-state index contributed by atoms with van der Waals surface area (Å²) < 4.78 is 5.20. The molecule has 24 rings (SSSR count). The van der Waals surface area contributed by atoms with Crippen LogP contribution in [0.2, 0.25) is 0 Å². The molecular formula is C124H80N2S2. The van der Waals surface area contributed by atoms with Gasteiger partial charge in [0, 0.05) is 85.0 Å². The maximum Gasteiger partial charge on any atom is 0.0624 e. The van der Waals surface area contributed by atoms with Crippen molar-refractivity contribution in [3.05, 3.63) is 485 Å². The molecule has 2 nitrogen and oxygen atoms in total. The molecule has 0 unspecified atom stereocenters. The van der Waals surface area contributed by atoms with Crippen LogP contribution in [-0.4, -0.2) is 0 Å². The molecule has 0 aliphatic carbocycles. The molecule has 0 aliphatic heterocycles. The van der Waals surface area contributed by atoms with Gasteiger partial charge < -0.3 is 9.80 Å². The van der Waals surface area contributed by atoms with Gasteiger partial charge in [0.1, 0.15) is 0 Å². The monoisotopic (exact) mass is 1660 g/mol. The number of fused-ring (bicyclic) bond motifs is 12. The highest BCUT2D eigenvalue weighted by Crippen LogP contribution is 2.55. The molecule has 4 heteroatoms. The van der Waals surface area contributed by atoms with Crippen LogP contribution in [0.25, 0.3) is 206 Å². The second-order valence-electron chi connectivity index (χ2n) is 33.2. The summed E-state index contributed by atoms with van der Waals surface area (Å²) in [6, 6.07) is 180. The van der Waals surface area contributed by atoms with E-state index in [1.165, 1.54) is 128 Å².